The van der Waals surface area contributed by atoms with Crippen LogP contribution in [-0.2, 0) is 4.79 Å². The van der Waals surface area contributed by atoms with Gasteiger partial charge in [0.25, 0.3) is 0 Å². The number of nitrogens with zero attached hydrogens (tertiary/aromatic N) is 5. The van der Waals surface area contributed by atoms with E-state index in [0.29, 0.717) is 48.8 Å². The summed E-state index contributed by atoms with van der Waals surface area (Å²) in [7, 11) is 0. The fraction of sp³-hybridized carbons (Fsp3) is 0.480. The summed E-state index contributed by atoms with van der Waals surface area (Å²) in [5.74, 6) is -1.43. The summed E-state index contributed by atoms with van der Waals surface area (Å²) in [4.78, 5) is 25.7. The average Bonchev–Trinajstić information content (AvgIpc) is 3.49. The van der Waals surface area contributed by atoms with Gasteiger partial charge in [0.1, 0.15) is 11.2 Å². The summed E-state index contributed by atoms with van der Waals surface area (Å²) in [6, 6.07) is 3.88. The molecule has 2 aromatic heterocycles. The van der Waals surface area contributed by atoms with Crippen molar-refractivity contribution < 1.29 is 13.6 Å². The average molecular weight is 495 g/mol. The number of nitrogens with two attached hydrogens (primary N) is 1. The highest BCUT2D eigenvalue weighted by Crippen LogP contribution is 2.43. The van der Waals surface area contributed by atoms with Crippen LogP contribution in [0.3, 0.4) is 0 Å². The molecule has 4 N–H and O–H groups in total. The van der Waals surface area contributed by atoms with Crippen molar-refractivity contribution in [3.63, 3.8) is 0 Å². The molecule has 1 amide bonds. The Balaban J connectivity index is 1.55. The van der Waals surface area contributed by atoms with Crippen molar-refractivity contribution in [2.24, 2.45) is 11.1 Å². The molecule has 2 heterocycles. The fourth-order valence-electron chi connectivity index (χ4n) is 5.26. The van der Waals surface area contributed by atoms with Crippen molar-refractivity contribution in [3.8, 4) is 6.07 Å². The molecule has 2 saturated carbocycles. The van der Waals surface area contributed by atoms with Gasteiger partial charge in [-0.3, -0.25) is 9.36 Å². The van der Waals surface area contributed by atoms with Crippen molar-refractivity contribution >= 4 is 34.7 Å². The summed E-state index contributed by atoms with van der Waals surface area (Å²) >= 11 is 0. The van der Waals surface area contributed by atoms with E-state index in [1.54, 1.807) is 12.3 Å². The normalized spacial score (nSPS) is 22.4. The molecule has 0 atom stereocenters. The largest absolute Gasteiger partial charge is 0.369 e. The number of fused-ring (bicyclic) bond motifs is 1. The van der Waals surface area contributed by atoms with Crippen molar-refractivity contribution in [2.75, 3.05) is 10.6 Å². The summed E-state index contributed by atoms with van der Waals surface area (Å²) in [6.07, 6.45) is 8.42. The molecule has 36 heavy (non-hydrogen) atoms. The first-order valence-corrected chi connectivity index (χ1v) is 12.2. The van der Waals surface area contributed by atoms with Crippen molar-refractivity contribution in [1.29, 1.82) is 5.26 Å². The number of imidazole rings is 1. The number of anilines is 3. The third kappa shape index (κ3) is 4.43. The van der Waals surface area contributed by atoms with Crippen LogP contribution >= 0.6 is 0 Å². The first-order chi connectivity index (χ1) is 17.3. The van der Waals surface area contributed by atoms with Crippen molar-refractivity contribution in [3.05, 3.63) is 35.5 Å². The highest BCUT2D eigenvalue weighted by atomic mass is 19.1. The van der Waals surface area contributed by atoms with Crippen LogP contribution in [-0.4, -0.2) is 31.5 Å². The number of nitrogens with one attached hydrogen (secondary N) is 2. The SMILES string of the molecule is CC1(C(N)=O)CCC(n2c(Nc3c(F)cc(C#N)cc3F)nc3cnc(NC4CCCC4)nc32)CC1. The maximum atomic E-state index is 14.7. The highest BCUT2D eigenvalue weighted by molar-refractivity contribution is 5.80. The smallest absolute Gasteiger partial charge is 0.224 e. The minimum absolute atomic E-state index is 0.115. The van der Waals surface area contributed by atoms with Gasteiger partial charge in [-0.1, -0.05) is 19.8 Å². The van der Waals surface area contributed by atoms with Gasteiger partial charge in [-0.15, -0.1) is 0 Å². The van der Waals surface area contributed by atoms with Crippen LogP contribution < -0.4 is 16.4 Å². The maximum absolute atomic E-state index is 14.7. The van der Waals surface area contributed by atoms with E-state index in [9.17, 15) is 13.6 Å². The van der Waals surface area contributed by atoms with Gasteiger partial charge in [-0.05, 0) is 50.7 Å². The molecule has 3 aromatic rings. The van der Waals surface area contributed by atoms with Gasteiger partial charge in [0.15, 0.2) is 17.3 Å². The third-order valence-corrected chi connectivity index (χ3v) is 7.55. The Hall–Kier alpha value is -3.81. The Kier molecular flexibility index (Phi) is 6.20. The second kappa shape index (κ2) is 9.33. The lowest BCUT2D eigenvalue weighted by Crippen LogP contribution is -2.38. The van der Waals surface area contributed by atoms with Crippen molar-refractivity contribution in [2.45, 2.75) is 70.4 Å². The monoisotopic (exact) mass is 494 g/mol. The molecule has 11 heteroatoms. The van der Waals surface area contributed by atoms with E-state index in [4.69, 9.17) is 16.0 Å². The molecular formula is C25H28F2N8O. The fourth-order valence-corrected chi connectivity index (χ4v) is 5.26. The number of rotatable bonds is 6. The van der Waals surface area contributed by atoms with Gasteiger partial charge in [0.2, 0.25) is 17.8 Å². The summed E-state index contributed by atoms with van der Waals surface area (Å²) in [5, 5.41) is 15.2. The molecule has 2 aliphatic rings. The predicted octanol–water partition coefficient (Wildman–Crippen LogP) is 4.68. The van der Waals surface area contributed by atoms with Crippen LogP contribution in [0.25, 0.3) is 11.2 Å². The molecule has 5 rings (SSSR count). The van der Waals surface area contributed by atoms with E-state index in [2.05, 4.69) is 20.6 Å². The van der Waals surface area contributed by atoms with Gasteiger partial charge in [-0.25, -0.2) is 18.7 Å². The topological polar surface area (TPSA) is 135 Å². The summed E-state index contributed by atoms with van der Waals surface area (Å²) in [6.45, 7) is 1.87. The number of hydrogen-bond acceptors (Lipinski definition) is 7. The molecule has 2 fully saturated rings. The van der Waals surface area contributed by atoms with Gasteiger partial charge in [0, 0.05) is 17.5 Å². The Morgan fingerprint density at radius 1 is 1.17 bits per heavy atom. The lowest BCUT2D eigenvalue weighted by Gasteiger charge is -2.35. The molecule has 0 bridgehead atoms. The van der Waals surface area contributed by atoms with E-state index in [-0.39, 0.29) is 23.5 Å². The van der Waals surface area contributed by atoms with Crippen LogP contribution in [0.1, 0.15) is 69.9 Å². The maximum Gasteiger partial charge on any atom is 0.224 e. The Morgan fingerprint density at radius 2 is 1.83 bits per heavy atom. The van der Waals surface area contributed by atoms with Crippen LogP contribution in [0.2, 0.25) is 0 Å². The first-order valence-electron chi connectivity index (χ1n) is 12.2. The first kappa shape index (κ1) is 23.9. The molecule has 0 radical (unpaired) electrons. The molecule has 0 aliphatic heterocycles. The number of hydrogen-bond donors (Lipinski definition) is 3. The van der Waals surface area contributed by atoms with Gasteiger partial charge >= 0.3 is 0 Å². The lowest BCUT2D eigenvalue weighted by atomic mass is 9.73. The number of carbonyl (C=O) groups excluding carboxylic acids is 1. The molecule has 1 aromatic carbocycles. The van der Waals surface area contributed by atoms with E-state index < -0.39 is 22.7 Å². The molecule has 9 nitrogen and oxygen atoms in total. The highest BCUT2D eigenvalue weighted by Gasteiger charge is 2.38. The van der Waals surface area contributed by atoms with Crippen LogP contribution in [0, 0.1) is 28.4 Å². The zero-order valence-corrected chi connectivity index (χ0v) is 20.0. The minimum Gasteiger partial charge on any atom is -0.369 e. The van der Waals surface area contributed by atoms with Crippen LogP contribution in [0.5, 0.6) is 0 Å². The Bertz CT molecular complexity index is 1330. The van der Waals surface area contributed by atoms with Crippen LogP contribution in [0.4, 0.5) is 26.4 Å². The standard InChI is InChI=1S/C25H28F2N8O/c1-25(22(29)36)8-6-16(7-9-25)35-21-19(13-30-23(34-21)31-15-4-2-3-5-15)32-24(35)33-20-17(26)10-14(12-28)11-18(20)27/h10-11,13,15-16H,2-9H2,1H3,(H2,29,36)(H,32,33)(H,30,31,34). The number of carbonyl (C=O) groups is 1. The van der Waals surface area contributed by atoms with E-state index >= 15 is 0 Å². The molecular weight excluding hydrogens is 466 g/mol. The van der Waals surface area contributed by atoms with Crippen molar-refractivity contribution in [1.82, 2.24) is 19.5 Å². The number of aromatic nitrogens is 4. The lowest BCUT2D eigenvalue weighted by molar-refractivity contribution is -0.128. The Morgan fingerprint density at radius 3 is 2.44 bits per heavy atom. The van der Waals surface area contributed by atoms with E-state index in [1.165, 1.54) is 0 Å². The Labute approximate surface area is 207 Å². The molecule has 2 aliphatic carbocycles. The second-order valence-corrected chi connectivity index (χ2v) is 10.0. The minimum atomic E-state index is -0.898. The second-order valence-electron chi connectivity index (χ2n) is 10.0. The number of primary amides is 1. The molecule has 188 valence electrons. The van der Waals surface area contributed by atoms with Gasteiger partial charge < -0.3 is 16.4 Å². The van der Waals surface area contributed by atoms with E-state index in [0.717, 1.165) is 37.8 Å². The third-order valence-electron chi connectivity index (χ3n) is 7.55. The molecule has 0 saturated heterocycles. The summed E-state index contributed by atoms with van der Waals surface area (Å²) < 4.78 is 31.3. The van der Waals surface area contributed by atoms with E-state index in [1.807, 2.05) is 11.5 Å². The number of halogens is 2. The van der Waals surface area contributed by atoms with Gasteiger partial charge in [-0.2, -0.15) is 10.2 Å². The quantitative estimate of drug-likeness (QED) is 0.453. The van der Waals surface area contributed by atoms with Gasteiger partial charge in [0.05, 0.1) is 17.8 Å². The number of benzene rings is 1. The molecule has 0 unspecified atom stereocenters. The predicted molar refractivity (Wildman–Crippen MR) is 130 cm³/mol. The number of amides is 1. The molecule has 0 spiro atoms. The number of nitriles is 1. The zero-order valence-electron chi connectivity index (χ0n) is 20.0. The zero-order chi connectivity index (χ0) is 25.4. The van der Waals surface area contributed by atoms with Crippen LogP contribution in [0.15, 0.2) is 18.3 Å². The summed E-state index contributed by atoms with van der Waals surface area (Å²) in [5.41, 5.74) is 5.53.